The number of hydrogen-bond acceptors (Lipinski definition) is 4. The molecule has 0 amide bonds. The standard InChI is InChI=1S/C77H64N4/c1-49-9-25-57(26-10-49)80(59-29-17-55(47-78)18-30-59)61-33-39-67-65-37-23-53(43-71(65)76(5,6)73(67)45-61)15-13-51-21-35-63-64-36-22-52(42-70(64)75(3,4)69(63)41-51)14-16-54-24-38-66-68-40-34-62(46-74(68)77(7,8)72(66)44-54)81(58-27-11-50(2)12-28-58)60-31-19-56(48-79)20-32-60/h9-33,35-39,41-46H,34,40H2,1-8H3/b15-13+,16-14+. The van der Waals surface area contributed by atoms with Gasteiger partial charge in [-0.25, -0.2) is 0 Å². The van der Waals surface area contributed by atoms with Crippen molar-refractivity contribution in [2.75, 3.05) is 9.80 Å². The summed E-state index contributed by atoms with van der Waals surface area (Å²) >= 11 is 0. The average molecular weight is 1050 g/mol. The number of aryl methyl sites for hydroxylation is 2. The number of anilines is 5. The third kappa shape index (κ3) is 8.75. The Morgan fingerprint density at radius 1 is 0.358 bits per heavy atom. The van der Waals surface area contributed by atoms with Crippen LogP contribution in [0.1, 0.15) is 132 Å². The van der Waals surface area contributed by atoms with Crippen LogP contribution in [0, 0.1) is 36.5 Å². The van der Waals surface area contributed by atoms with Crippen LogP contribution in [0.25, 0.3) is 52.1 Å². The second-order valence-electron chi connectivity index (χ2n) is 24.2. The summed E-state index contributed by atoms with van der Waals surface area (Å²) in [5, 5.41) is 19.1. The molecule has 0 radical (unpaired) electrons. The van der Waals surface area contributed by atoms with Crippen molar-refractivity contribution in [3.05, 3.63) is 283 Å². The van der Waals surface area contributed by atoms with Crippen LogP contribution in [-0.4, -0.2) is 0 Å². The first-order valence-electron chi connectivity index (χ1n) is 28.4. The summed E-state index contributed by atoms with van der Waals surface area (Å²) in [6.07, 6.45) is 13.5. The largest absolute Gasteiger partial charge is 0.314 e. The van der Waals surface area contributed by atoms with Gasteiger partial charge in [0.25, 0.3) is 0 Å². The maximum absolute atomic E-state index is 9.55. The van der Waals surface area contributed by atoms with Gasteiger partial charge >= 0.3 is 0 Å². The zero-order chi connectivity index (χ0) is 56.0. The predicted octanol–water partition coefficient (Wildman–Crippen LogP) is 20.0. The summed E-state index contributed by atoms with van der Waals surface area (Å²) in [6, 6.07) is 72.7. The van der Waals surface area contributed by atoms with Gasteiger partial charge in [0, 0.05) is 50.4 Å². The van der Waals surface area contributed by atoms with E-state index in [2.05, 4.69) is 259 Å². The summed E-state index contributed by atoms with van der Waals surface area (Å²) in [5.74, 6) is 0. The third-order valence-corrected chi connectivity index (χ3v) is 18.0. The highest BCUT2D eigenvalue weighted by molar-refractivity contribution is 5.90. The summed E-state index contributed by atoms with van der Waals surface area (Å²) in [6.45, 7) is 18.4. The topological polar surface area (TPSA) is 54.1 Å². The van der Waals surface area contributed by atoms with E-state index in [-0.39, 0.29) is 16.2 Å². The Morgan fingerprint density at radius 3 is 1.10 bits per heavy atom. The van der Waals surface area contributed by atoms with E-state index in [0.717, 1.165) is 41.3 Å². The van der Waals surface area contributed by atoms with Crippen molar-refractivity contribution in [2.45, 2.75) is 84.5 Å². The summed E-state index contributed by atoms with van der Waals surface area (Å²) in [4.78, 5) is 4.66. The van der Waals surface area contributed by atoms with Crippen LogP contribution in [-0.2, 0) is 16.2 Å². The molecule has 81 heavy (non-hydrogen) atoms. The number of hydrogen-bond donors (Lipinski definition) is 0. The van der Waals surface area contributed by atoms with E-state index >= 15 is 0 Å². The predicted molar refractivity (Wildman–Crippen MR) is 338 cm³/mol. The molecule has 0 saturated carbocycles. The molecule has 4 aliphatic rings. The molecule has 0 N–H and O–H groups in total. The van der Waals surface area contributed by atoms with Crippen LogP contribution in [0.4, 0.5) is 28.4 Å². The second-order valence-corrected chi connectivity index (χ2v) is 24.2. The smallest absolute Gasteiger partial charge is 0.0991 e. The first-order chi connectivity index (χ1) is 39.1. The van der Waals surface area contributed by atoms with E-state index in [1.54, 1.807) is 0 Å². The van der Waals surface area contributed by atoms with Gasteiger partial charge in [-0.05, 0) is 207 Å². The number of rotatable bonds is 10. The van der Waals surface area contributed by atoms with Crippen LogP contribution >= 0.6 is 0 Å². The molecule has 0 bridgehead atoms. The first-order valence-corrected chi connectivity index (χ1v) is 28.4. The Hall–Kier alpha value is -9.48. The average Bonchev–Trinajstić information content (AvgIpc) is 3.80. The lowest BCUT2D eigenvalue weighted by Gasteiger charge is -2.32. The van der Waals surface area contributed by atoms with Crippen molar-refractivity contribution in [2.24, 2.45) is 0 Å². The molecule has 13 rings (SSSR count). The van der Waals surface area contributed by atoms with E-state index in [0.29, 0.717) is 11.1 Å². The van der Waals surface area contributed by atoms with Crippen LogP contribution in [0.3, 0.4) is 0 Å². The van der Waals surface area contributed by atoms with Crippen molar-refractivity contribution in [3.63, 3.8) is 0 Å². The van der Waals surface area contributed by atoms with E-state index in [1.165, 1.54) is 106 Å². The second kappa shape index (κ2) is 19.4. The molecule has 0 aromatic heterocycles. The molecule has 4 heteroatoms. The van der Waals surface area contributed by atoms with Crippen molar-refractivity contribution >= 4 is 58.3 Å². The van der Waals surface area contributed by atoms with Crippen molar-refractivity contribution < 1.29 is 0 Å². The van der Waals surface area contributed by atoms with Crippen molar-refractivity contribution in [3.8, 4) is 34.4 Å². The van der Waals surface area contributed by atoms with E-state index in [4.69, 9.17) is 0 Å². The molecule has 0 saturated heterocycles. The molecule has 4 nitrogen and oxygen atoms in total. The molecule has 392 valence electrons. The Labute approximate surface area is 478 Å². The Bertz CT molecular complexity index is 4260. The molecular weight excluding hydrogens is 981 g/mol. The van der Waals surface area contributed by atoms with Gasteiger partial charge in [0.15, 0.2) is 0 Å². The van der Waals surface area contributed by atoms with Gasteiger partial charge in [0.2, 0.25) is 0 Å². The maximum atomic E-state index is 9.55. The number of allylic oxidation sites excluding steroid dienone is 4. The highest BCUT2D eigenvalue weighted by Gasteiger charge is 2.40. The lowest BCUT2D eigenvalue weighted by atomic mass is 9.79. The fraction of sp³-hybridized carbons (Fsp3) is 0.169. The Morgan fingerprint density at radius 2 is 0.691 bits per heavy atom. The van der Waals surface area contributed by atoms with Gasteiger partial charge in [-0.2, -0.15) is 10.5 Å². The summed E-state index contributed by atoms with van der Waals surface area (Å²) < 4.78 is 0. The zero-order valence-electron chi connectivity index (χ0n) is 47.5. The van der Waals surface area contributed by atoms with Gasteiger partial charge in [0.1, 0.15) is 0 Å². The molecule has 0 unspecified atom stereocenters. The van der Waals surface area contributed by atoms with Crippen molar-refractivity contribution in [1.82, 2.24) is 0 Å². The normalized spacial score (nSPS) is 15.5. The molecule has 0 aliphatic heterocycles. The molecule has 9 aromatic rings. The van der Waals surface area contributed by atoms with Gasteiger partial charge in [-0.1, -0.05) is 180 Å². The van der Waals surface area contributed by atoms with Gasteiger partial charge < -0.3 is 9.80 Å². The first kappa shape index (κ1) is 51.0. The quantitative estimate of drug-likeness (QED) is 0.128. The SMILES string of the molecule is Cc1ccc(N(C2=CC3=C(CC2)c2ccc(/C=C/c4ccc5c(c4)C(C)(C)c4cc(/C=C/c6ccc7c(c6)C(C)(C)c6cc(N(c8ccc(C)cc8)c8ccc(C#N)cc8)ccc6-7)ccc4-5)cc2C3(C)C)c2ccc(C#N)cc2)cc1. The monoisotopic (exact) mass is 1040 g/mol. The van der Waals surface area contributed by atoms with Gasteiger partial charge in [-0.15, -0.1) is 0 Å². The Balaban J connectivity index is 0.724. The van der Waals surface area contributed by atoms with E-state index in [9.17, 15) is 10.5 Å². The molecule has 0 atom stereocenters. The zero-order valence-corrected chi connectivity index (χ0v) is 47.5. The molecule has 9 aromatic carbocycles. The molecule has 4 aliphatic carbocycles. The fourth-order valence-electron chi connectivity index (χ4n) is 13.4. The van der Waals surface area contributed by atoms with Crippen LogP contribution in [0.15, 0.2) is 205 Å². The number of fused-ring (bicyclic) bond motifs is 8. The minimum absolute atomic E-state index is 0.167. The molecule has 0 heterocycles. The van der Waals surface area contributed by atoms with Crippen LogP contribution in [0.2, 0.25) is 0 Å². The van der Waals surface area contributed by atoms with Crippen LogP contribution < -0.4 is 9.80 Å². The third-order valence-electron chi connectivity index (χ3n) is 18.0. The maximum Gasteiger partial charge on any atom is 0.0991 e. The number of benzene rings is 9. The molecular formula is C77H64N4. The Kier molecular flexibility index (Phi) is 12.2. The number of nitriles is 2. The lowest BCUT2D eigenvalue weighted by Crippen LogP contribution is -2.22. The lowest BCUT2D eigenvalue weighted by molar-refractivity contribution is 0.648. The molecule has 0 spiro atoms. The summed E-state index contributed by atoms with van der Waals surface area (Å²) in [7, 11) is 0. The van der Waals surface area contributed by atoms with Gasteiger partial charge in [-0.3, -0.25) is 0 Å². The molecule has 0 fully saturated rings. The van der Waals surface area contributed by atoms with Crippen LogP contribution in [0.5, 0.6) is 0 Å². The highest BCUT2D eigenvalue weighted by Crippen LogP contribution is 2.54. The van der Waals surface area contributed by atoms with E-state index in [1.807, 2.05) is 36.4 Å². The minimum atomic E-state index is -0.217. The van der Waals surface area contributed by atoms with Gasteiger partial charge in [0.05, 0.1) is 23.3 Å². The highest BCUT2D eigenvalue weighted by atomic mass is 15.2. The number of nitrogens with zero attached hydrogens (tertiary/aromatic N) is 4. The fourth-order valence-corrected chi connectivity index (χ4v) is 13.4. The van der Waals surface area contributed by atoms with E-state index < -0.39 is 0 Å². The van der Waals surface area contributed by atoms with Crippen molar-refractivity contribution in [1.29, 1.82) is 10.5 Å². The summed E-state index contributed by atoms with van der Waals surface area (Å²) in [5.41, 5.74) is 30.8. The minimum Gasteiger partial charge on any atom is -0.314 e.